The smallest absolute Gasteiger partial charge is 0.136 e. The molecular weight excluding hydrogens is 673 g/mol. The van der Waals surface area contributed by atoms with E-state index in [9.17, 15) is 0 Å². The molecule has 250 valence electrons. The molecule has 12 rings (SSSR count). The van der Waals surface area contributed by atoms with Crippen LogP contribution in [0.3, 0.4) is 0 Å². The van der Waals surface area contributed by atoms with Crippen molar-refractivity contribution >= 4 is 96.5 Å². The molecule has 0 amide bonds. The highest BCUT2D eigenvalue weighted by atomic mass is 32.1. The van der Waals surface area contributed by atoms with E-state index in [1.165, 1.54) is 91.1 Å². The van der Waals surface area contributed by atoms with Crippen molar-refractivity contribution in [3.8, 4) is 33.4 Å². The molecule has 2 heteroatoms. The average Bonchev–Trinajstić information content (AvgIpc) is 3.79. The normalized spacial score (nSPS) is 12.1. The molecule has 0 saturated carbocycles. The highest BCUT2D eigenvalue weighted by molar-refractivity contribution is 7.25. The molecule has 0 bridgehead atoms. The zero-order valence-corrected chi connectivity index (χ0v) is 30.0. The van der Waals surface area contributed by atoms with E-state index in [1.54, 1.807) is 0 Å². The minimum atomic E-state index is 0.899. The molecule has 0 unspecified atom stereocenters. The molecule has 10 aromatic carbocycles. The predicted octanol–water partition coefficient (Wildman–Crippen LogP) is 15.6. The molecule has 0 aliphatic heterocycles. The van der Waals surface area contributed by atoms with Crippen LogP contribution < -0.4 is 0 Å². The van der Waals surface area contributed by atoms with Crippen molar-refractivity contribution in [2.45, 2.75) is 0 Å². The molecule has 0 fully saturated rings. The van der Waals surface area contributed by atoms with Gasteiger partial charge >= 0.3 is 0 Å². The van der Waals surface area contributed by atoms with Crippen LogP contribution in [0.5, 0.6) is 0 Å². The van der Waals surface area contributed by atoms with Crippen molar-refractivity contribution in [2.75, 3.05) is 0 Å². The highest BCUT2D eigenvalue weighted by Gasteiger charge is 2.23. The van der Waals surface area contributed by atoms with Crippen LogP contribution in [-0.2, 0) is 0 Å². The van der Waals surface area contributed by atoms with Gasteiger partial charge in [0, 0.05) is 30.9 Å². The number of fused-ring (bicyclic) bond motifs is 11. The van der Waals surface area contributed by atoms with Gasteiger partial charge in [-0.1, -0.05) is 140 Å². The highest BCUT2D eigenvalue weighted by Crippen LogP contribution is 2.49. The van der Waals surface area contributed by atoms with E-state index in [0.29, 0.717) is 0 Å². The Hall–Kier alpha value is -6.74. The second-order valence-corrected chi connectivity index (χ2v) is 15.5. The first-order valence-electron chi connectivity index (χ1n) is 18.5. The van der Waals surface area contributed by atoms with E-state index in [-0.39, 0.29) is 0 Å². The Kier molecular flexibility index (Phi) is 6.28. The van der Waals surface area contributed by atoms with Gasteiger partial charge in [0.15, 0.2) is 0 Å². The third-order valence-corrected chi connectivity index (χ3v) is 12.5. The number of rotatable bonds is 3. The fourth-order valence-corrected chi connectivity index (χ4v) is 10.1. The Balaban J connectivity index is 1.22. The van der Waals surface area contributed by atoms with Gasteiger partial charge in [0.1, 0.15) is 11.2 Å². The van der Waals surface area contributed by atoms with Crippen LogP contribution in [0.4, 0.5) is 0 Å². The molecule has 0 saturated heterocycles. The molecule has 0 radical (unpaired) electrons. The Bertz CT molecular complexity index is 3440. The summed E-state index contributed by atoms with van der Waals surface area (Å²) in [5, 5.41) is 14.8. The van der Waals surface area contributed by atoms with E-state index in [2.05, 4.69) is 182 Å². The molecule has 12 aromatic rings. The van der Waals surface area contributed by atoms with Crippen LogP contribution in [0.2, 0.25) is 0 Å². The summed E-state index contributed by atoms with van der Waals surface area (Å²) >= 11 is 1.87. The largest absolute Gasteiger partial charge is 0.456 e. The third kappa shape index (κ3) is 4.32. The number of thiophene rings is 1. The first-order valence-corrected chi connectivity index (χ1v) is 19.3. The monoisotopic (exact) mass is 702 g/mol. The summed E-state index contributed by atoms with van der Waals surface area (Å²) in [6.45, 7) is 0. The molecular formula is C52H30OS. The zero-order valence-electron chi connectivity index (χ0n) is 29.1. The lowest BCUT2D eigenvalue weighted by atomic mass is 9.84. The van der Waals surface area contributed by atoms with Crippen molar-refractivity contribution in [2.24, 2.45) is 0 Å². The van der Waals surface area contributed by atoms with E-state index in [0.717, 1.165) is 27.5 Å². The second-order valence-electron chi connectivity index (χ2n) is 14.4. The van der Waals surface area contributed by atoms with Gasteiger partial charge in [-0.05, 0) is 119 Å². The standard InChI is InChI=1S/C52H30OS/c1-2-13-32(14-3-1)49-38-18-8-10-20-40(38)50(41-21-11-9-19-39(41)49)44-28-36(29-46-52(44)51-37-17-7-6-12-31(37)22-24-45(51)53-46)35-23-25-47-42(27-35)43-26-33-15-4-5-16-34(33)30-48(43)54-47/h1-30H. The van der Waals surface area contributed by atoms with Crippen molar-refractivity contribution in [1.29, 1.82) is 0 Å². The molecule has 0 N–H and O–H groups in total. The van der Waals surface area contributed by atoms with Gasteiger partial charge in [0.25, 0.3) is 0 Å². The number of benzene rings is 10. The second kappa shape index (κ2) is 11.4. The van der Waals surface area contributed by atoms with Crippen molar-refractivity contribution in [3.63, 3.8) is 0 Å². The molecule has 2 heterocycles. The maximum Gasteiger partial charge on any atom is 0.136 e. The molecule has 1 nitrogen and oxygen atoms in total. The van der Waals surface area contributed by atoms with Gasteiger partial charge in [-0.2, -0.15) is 0 Å². The van der Waals surface area contributed by atoms with E-state index in [4.69, 9.17) is 4.42 Å². The summed E-state index contributed by atoms with van der Waals surface area (Å²) in [6, 6.07) is 66.8. The topological polar surface area (TPSA) is 13.1 Å². The van der Waals surface area contributed by atoms with Gasteiger partial charge in [-0.3, -0.25) is 0 Å². The number of hydrogen-bond acceptors (Lipinski definition) is 2. The lowest BCUT2D eigenvalue weighted by Gasteiger charge is -2.19. The lowest BCUT2D eigenvalue weighted by molar-refractivity contribution is 0.669. The number of furan rings is 1. The summed E-state index contributed by atoms with van der Waals surface area (Å²) in [6.07, 6.45) is 0. The molecule has 0 aliphatic carbocycles. The van der Waals surface area contributed by atoms with Crippen LogP contribution in [0.25, 0.3) is 119 Å². The summed E-state index contributed by atoms with van der Waals surface area (Å²) in [5.74, 6) is 0. The predicted molar refractivity (Wildman–Crippen MR) is 233 cm³/mol. The lowest BCUT2D eigenvalue weighted by Crippen LogP contribution is -1.92. The molecule has 0 atom stereocenters. The van der Waals surface area contributed by atoms with Gasteiger partial charge < -0.3 is 4.42 Å². The Morgan fingerprint density at radius 3 is 1.67 bits per heavy atom. The van der Waals surface area contributed by atoms with Crippen LogP contribution in [0, 0.1) is 0 Å². The summed E-state index contributed by atoms with van der Waals surface area (Å²) in [4.78, 5) is 0. The Labute approximate surface area is 314 Å². The van der Waals surface area contributed by atoms with Crippen LogP contribution in [-0.4, -0.2) is 0 Å². The minimum absolute atomic E-state index is 0.899. The number of hydrogen-bond donors (Lipinski definition) is 0. The summed E-state index contributed by atoms with van der Waals surface area (Å²) in [5.41, 5.74) is 9.03. The Morgan fingerprint density at radius 1 is 0.315 bits per heavy atom. The Morgan fingerprint density at radius 2 is 0.926 bits per heavy atom. The fraction of sp³-hybridized carbons (Fsp3) is 0. The molecule has 54 heavy (non-hydrogen) atoms. The van der Waals surface area contributed by atoms with Crippen LogP contribution in [0.1, 0.15) is 0 Å². The maximum absolute atomic E-state index is 6.90. The maximum atomic E-state index is 6.90. The van der Waals surface area contributed by atoms with Gasteiger partial charge in [-0.15, -0.1) is 11.3 Å². The van der Waals surface area contributed by atoms with Crippen LogP contribution >= 0.6 is 11.3 Å². The van der Waals surface area contributed by atoms with E-state index >= 15 is 0 Å². The molecule has 0 spiro atoms. The quantitative estimate of drug-likeness (QED) is 0.167. The van der Waals surface area contributed by atoms with Gasteiger partial charge in [-0.25, -0.2) is 0 Å². The van der Waals surface area contributed by atoms with Crippen molar-refractivity contribution in [3.05, 3.63) is 182 Å². The van der Waals surface area contributed by atoms with E-state index in [1.807, 2.05) is 11.3 Å². The first kappa shape index (κ1) is 29.8. The SMILES string of the molecule is c1ccc(-c2c3ccccc3c(-c3cc(-c4ccc5sc6cc7ccccc7cc6c5c4)cc4oc5ccc6ccccc6c5c34)c3ccccc23)cc1. The molecule has 0 aliphatic rings. The van der Waals surface area contributed by atoms with Crippen LogP contribution in [0.15, 0.2) is 186 Å². The summed E-state index contributed by atoms with van der Waals surface area (Å²) < 4.78 is 9.51. The van der Waals surface area contributed by atoms with Gasteiger partial charge in [0.2, 0.25) is 0 Å². The minimum Gasteiger partial charge on any atom is -0.456 e. The van der Waals surface area contributed by atoms with Crippen molar-refractivity contribution in [1.82, 2.24) is 0 Å². The zero-order chi connectivity index (χ0) is 35.3. The first-order chi connectivity index (χ1) is 26.8. The van der Waals surface area contributed by atoms with Gasteiger partial charge in [0.05, 0.1) is 0 Å². The van der Waals surface area contributed by atoms with Crippen molar-refractivity contribution < 1.29 is 4.42 Å². The average molecular weight is 703 g/mol. The van der Waals surface area contributed by atoms with E-state index < -0.39 is 0 Å². The third-order valence-electron chi connectivity index (χ3n) is 11.4. The fourth-order valence-electron chi connectivity index (χ4n) is 9.01. The summed E-state index contributed by atoms with van der Waals surface area (Å²) in [7, 11) is 0. The molecule has 2 aromatic heterocycles.